The van der Waals surface area contributed by atoms with E-state index >= 15 is 0 Å². The molecule has 3 N–H and O–H groups in total. The fourth-order valence-electron chi connectivity index (χ4n) is 3.70. The molecule has 0 aromatic rings. The molecule has 0 spiro atoms. The second kappa shape index (κ2) is 8.16. The molecule has 0 aromatic heterocycles. The predicted molar refractivity (Wildman–Crippen MR) is 80.8 cm³/mol. The van der Waals surface area contributed by atoms with Gasteiger partial charge in [-0.3, -0.25) is 0 Å². The first kappa shape index (κ1) is 16.0. The van der Waals surface area contributed by atoms with Crippen LogP contribution < -0.4 is 11.1 Å². The van der Waals surface area contributed by atoms with Crippen LogP contribution in [0, 0.1) is 5.92 Å². The van der Waals surface area contributed by atoms with Crippen molar-refractivity contribution in [3.8, 4) is 0 Å². The molecule has 0 aliphatic heterocycles. The Labute approximate surface area is 114 Å². The highest BCUT2D eigenvalue weighted by molar-refractivity contribution is 4.88. The second-order valence-electron chi connectivity index (χ2n) is 6.50. The van der Waals surface area contributed by atoms with Crippen molar-refractivity contribution >= 4 is 0 Å². The largest absolute Gasteiger partial charge is 0.330 e. The first-order valence-corrected chi connectivity index (χ1v) is 8.11. The average Bonchev–Trinajstić information content (AvgIpc) is 2.32. The minimum Gasteiger partial charge on any atom is -0.330 e. The molecule has 18 heavy (non-hydrogen) atoms. The van der Waals surface area contributed by atoms with Crippen molar-refractivity contribution in [3.63, 3.8) is 0 Å². The Balaban J connectivity index is 2.37. The van der Waals surface area contributed by atoms with Crippen LogP contribution in [0.15, 0.2) is 0 Å². The minimum absolute atomic E-state index is 0.370. The molecule has 0 aromatic carbocycles. The highest BCUT2D eigenvalue weighted by Crippen LogP contribution is 2.29. The van der Waals surface area contributed by atoms with Gasteiger partial charge in [0.05, 0.1) is 0 Å². The highest BCUT2D eigenvalue weighted by atomic mass is 15.0. The Kier molecular flexibility index (Phi) is 7.25. The van der Waals surface area contributed by atoms with Gasteiger partial charge >= 0.3 is 0 Å². The maximum Gasteiger partial charge on any atom is 0.0155 e. The summed E-state index contributed by atoms with van der Waals surface area (Å²) < 4.78 is 0. The molecule has 0 saturated heterocycles. The Morgan fingerprint density at radius 1 is 1.06 bits per heavy atom. The van der Waals surface area contributed by atoms with Gasteiger partial charge in [-0.1, -0.05) is 26.7 Å². The second-order valence-corrected chi connectivity index (χ2v) is 6.50. The molecular formula is C16H34N2. The van der Waals surface area contributed by atoms with E-state index in [1.807, 2.05) is 0 Å². The first-order chi connectivity index (χ1) is 8.63. The first-order valence-electron chi connectivity index (χ1n) is 8.11. The lowest BCUT2D eigenvalue weighted by atomic mass is 9.82. The number of hydrogen-bond donors (Lipinski definition) is 2. The molecule has 1 saturated carbocycles. The predicted octanol–water partition coefficient (Wildman–Crippen LogP) is 3.84. The summed E-state index contributed by atoms with van der Waals surface area (Å²) >= 11 is 0. The highest BCUT2D eigenvalue weighted by Gasteiger charge is 2.28. The van der Waals surface area contributed by atoms with Gasteiger partial charge in [0.25, 0.3) is 0 Å². The summed E-state index contributed by atoms with van der Waals surface area (Å²) in [6.07, 6.45) is 11.9. The Morgan fingerprint density at radius 3 is 2.06 bits per heavy atom. The normalized spacial score (nSPS) is 25.3. The third-order valence-corrected chi connectivity index (χ3v) is 4.58. The molecule has 1 fully saturated rings. The van der Waals surface area contributed by atoms with Crippen LogP contribution in [0.4, 0.5) is 0 Å². The van der Waals surface area contributed by atoms with Gasteiger partial charge in [0.1, 0.15) is 0 Å². The van der Waals surface area contributed by atoms with E-state index in [2.05, 4.69) is 26.1 Å². The summed E-state index contributed by atoms with van der Waals surface area (Å²) in [4.78, 5) is 0. The molecule has 1 aliphatic rings. The van der Waals surface area contributed by atoms with Crippen LogP contribution in [0.5, 0.6) is 0 Å². The summed E-state index contributed by atoms with van der Waals surface area (Å²) in [5, 5.41) is 3.97. The van der Waals surface area contributed by atoms with E-state index in [-0.39, 0.29) is 0 Å². The number of hydrogen-bond acceptors (Lipinski definition) is 2. The number of rotatable bonds is 8. The fourth-order valence-corrected chi connectivity index (χ4v) is 3.70. The monoisotopic (exact) mass is 254 g/mol. The van der Waals surface area contributed by atoms with Crippen LogP contribution >= 0.6 is 0 Å². The SMILES string of the molecule is CCCC(C)(CCC)N[C@H]1CC[C@H](CCN)CC1. The van der Waals surface area contributed by atoms with Gasteiger partial charge in [-0.25, -0.2) is 0 Å². The topological polar surface area (TPSA) is 38.0 Å². The van der Waals surface area contributed by atoms with Gasteiger partial charge in [-0.15, -0.1) is 0 Å². The molecular weight excluding hydrogens is 220 g/mol. The zero-order valence-corrected chi connectivity index (χ0v) is 12.8. The van der Waals surface area contributed by atoms with Crippen molar-refractivity contribution in [2.75, 3.05) is 6.54 Å². The number of nitrogens with one attached hydrogen (secondary N) is 1. The smallest absolute Gasteiger partial charge is 0.0155 e. The summed E-state index contributed by atoms with van der Waals surface area (Å²) in [7, 11) is 0. The summed E-state index contributed by atoms with van der Waals surface area (Å²) in [5.41, 5.74) is 6.03. The molecule has 0 heterocycles. The molecule has 0 amide bonds. The summed E-state index contributed by atoms with van der Waals surface area (Å²) in [6.45, 7) is 7.89. The molecule has 0 atom stereocenters. The van der Waals surface area contributed by atoms with E-state index in [1.165, 1.54) is 57.8 Å². The van der Waals surface area contributed by atoms with Gasteiger partial charge in [-0.2, -0.15) is 0 Å². The van der Waals surface area contributed by atoms with Crippen LogP contribution in [0.1, 0.15) is 78.6 Å². The number of nitrogens with two attached hydrogens (primary N) is 1. The lowest BCUT2D eigenvalue weighted by Crippen LogP contribution is -2.49. The van der Waals surface area contributed by atoms with Crippen molar-refractivity contribution in [2.24, 2.45) is 11.7 Å². The maximum atomic E-state index is 5.66. The molecule has 2 heteroatoms. The van der Waals surface area contributed by atoms with Crippen molar-refractivity contribution in [2.45, 2.75) is 90.1 Å². The molecule has 108 valence electrons. The molecule has 1 aliphatic carbocycles. The molecule has 0 unspecified atom stereocenters. The van der Waals surface area contributed by atoms with E-state index in [0.29, 0.717) is 5.54 Å². The fraction of sp³-hybridized carbons (Fsp3) is 1.00. The third-order valence-electron chi connectivity index (χ3n) is 4.58. The van der Waals surface area contributed by atoms with Crippen LogP contribution in [0.25, 0.3) is 0 Å². The van der Waals surface area contributed by atoms with Crippen LogP contribution in [0.3, 0.4) is 0 Å². The Bertz CT molecular complexity index is 201. The average molecular weight is 254 g/mol. The van der Waals surface area contributed by atoms with E-state index < -0.39 is 0 Å². The van der Waals surface area contributed by atoms with Crippen molar-refractivity contribution in [3.05, 3.63) is 0 Å². The van der Waals surface area contributed by atoms with Gasteiger partial charge in [-0.05, 0) is 64.3 Å². The molecule has 2 nitrogen and oxygen atoms in total. The summed E-state index contributed by atoms with van der Waals surface area (Å²) in [6, 6.07) is 0.752. The van der Waals surface area contributed by atoms with Crippen molar-refractivity contribution in [1.29, 1.82) is 0 Å². The van der Waals surface area contributed by atoms with Crippen LogP contribution in [-0.2, 0) is 0 Å². The Hall–Kier alpha value is -0.0800. The van der Waals surface area contributed by atoms with E-state index in [0.717, 1.165) is 18.5 Å². The molecule has 0 radical (unpaired) electrons. The van der Waals surface area contributed by atoms with Crippen LogP contribution in [0.2, 0.25) is 0 Å². The van der Waals surface area contributed by atoms with Gasteiger partial charge in [0.2, 0.25) is 0 Å². The van der Waals surface area contributed by atoms with Gasteiger partial charge in [0.15, 0.2) is 0 Å². The Morgan fingerprint density at radius 2 is 1.61 bits per heavy atom. The van der Waals surface area contributed by atoms with Gasteiger partial charge < -0.3 is 11.1 Å². The quantitative estimate of drug-likeness (QED) is 0.690. The van der Waals surface area contributed by atoms with Crippen LogP contribution in [-0.4, -0.2) is 18.1 Å². The van der Waals surface area contributed by atoms with E-state index in [4.69, 9.17) is 5.73 Å². The van der Waals surface area contributed by atoms with E-state index in [1.54, 1.807) is 0 Å². The minimum atomic E-state index is 0.370. The maximum absolute atomic E-state index is 5.66. The summed E-state index contributed by atoms with van der Waals surface area (Å²) in [5.74, 6) is 0.900. The lowest BCUT2D eigenvalue weighted by molar-refractivity contribution is 0.207. The zero-order chi connectivity index (χ0) is 13.4. The van der Waals surface area contributed by atoms with Crippen molar-refractivity contribution < 1.29 is 0 Å². The standard InChI is InChI=1S/C16H34N2/c1-4-11-16(3,12-5-2)18-15-8-6-14(7-9-15)10-13-17/h14-15,18H,4-13,17H2,1-3H3/t14-,15-. The third kappa shape index (κ3) is 5.27. The molecule has 1 rings (SSSR count). The lowest BCUT2D eigenvalue weighted by Gasteiger charge is -2.38. The van der Waals surface area contributed by atoms with Crippen molar-refractivity contribution in [1.82, 2.24) is 5.32 Å². The molecule has 0 bridgehead atoms. The van der Waals surface area contributed by atoms with Gasteiger partial charge in [0, 0.05) is 11.6 Å². The zero-order valence-electron chi connectivity index (χ0n) is 12.8. The van der Waals surface area contributed by atoms with E-state index in [9.17, 15) is 0 Å².